The number of hydrogen-bond acceptors (Lipinski definition) is 4. The lowest BCUT2D eigenvalue weighted by Crippen LogP contribution is -3.00. The summed E-state index contributed by atoms with van der Waals surface area (Å²) in [6.07, 6.45) is 0.821. The first-order chi connectivity index (χ1) is 12.6. The Morgan fingerprint density at radius 3 is 2.00 bits per heavy atom. The third-order valence-corrected chi connectivity index (χ3v) is 4.54. The van der Waals surface area contributed by atoms with E-state index in [4.69, 9.17) is 14.9 Å². The smallest absolute Gasteiger partial charge is 0.193 e. The zero-order valence-corrected chi connectivity index (χ0v) is 17.3. The minimum absolute atomic E-state index is 0. The lowest BCUT2D eigenvalue weighted by Gasteiger charge is -2.33. The van der Waals surface area contributed by atoms with E-state index in [0.717, 1.165) is 18.7 Å². The van der Waals surface area contributed by atoms with Crippen LogP contribution < -0.4 is 21.7 Å². The molecule has 0 radical (unpaired) electrons. The zero-order valence-electron chi connectivity index (χ0n) is 15.7. The van der Waals surface area contributed by atoms with Gasteiger partial charge in [-0.25, -0.2) is 0 Å². The van der Waals surface area contributed by atoms with E-state index in [1.165, 1.54) is 0 Å². The van der Waals surface area contributed by atoms with Crippen LogP contribution in [0.3, 0.4) is 0 Å². The molecule has 0 aliphatic rings. The molecule has 0 aromatic heterocycles. The van der Waals surface area contributed by atoms with Crippen molar-refractivity contribution in [3.8, 4) is 5.75 Å². The molecular weight excluding hydrogens is 410 g/mol. The maximum atomic E-state index is 12.4. The lowest BCUT2D eigenvalue weighted by atomic mass is 10.0. The number of carbonyl (C=O) groups is 1. The zero-order chi connectivity index (χ0) is 18.8. The fourth-order valence-corrected chi connectivity index (χ4v) is 2.91. The summed E-state index contributed by atoms with van der Waals surface area (Å²) in [5, 5.41) is 18.3. The van der Waals surface area contributed by atoms with Crippen molar-refractivity contribution in [3.63, 3.8) is 0 Å². The number of ketones is 1. The van der Waals surface area contributed by atoms with Crippen LogP contribution in [0.25, 0.3) is 0 Å². The van der Waals surface area contributed by atoms with E-state index in [9.17, 15) is 4.79 Å². The summed E-state index contributed by atoms with van der Waals surface area (Å²) in [5.74, 6) is 0.728. The highest BCUT2D eigenvalue weighted by atomic mass is 79.9. The minimum Gasteiger partial charge on any atom is -1.00 e. The summed E-state index contributed by atoms with van der Waals surface area (Å²) in [5.41, 5.74) is 1.31. The minimum atomic E-state index is -0.00164. The van der Waals surface area contributed by atoms with Crippen LogP contribution in [0.4, 0.5) is 0 Å². The number of nitrogens with zero attached hydrogens (tertiary/aromatic N) is 1. The highest BCUT2D eigenvalue weighted by Crippen LogP contribution is 2.16. The molecule has 0 spiro atoms. The van der Waals surface area contributed by atoms with Gasteiger partial charge in [-0.05, 0) is 24.3 Å². The average Bonchev–Trinajstić information content (AvgIpc) is 2.66. The van der Waals surface area contributed by atoms with Gasteiger partial charge in [0.05, 0.1) is 33.4 Å². The maximum Gasteiger partial charge on any atom is 0.193 e. The summed E-state index contributed by atoms with van der Waals surface area (Å²) in [4.78, 5) is 12.4. The van der Waals surface area contributed by atoms with Gasteiger partial charge < -0.3 is 36.4 Å². The molecule has 0 aliphatic heterocycles. The molecular formula is C21H28BrNO4. The highest BCUT2D eigenvalue weighted by molar-refractivity contribution is 6.08. The molecule has 2 aromatic rings. The summed E-state index contributed by atoms with van der Waals surface area (Å²) >= 11 is 0. The van der Waals surface area contributed by atoms with Gasteiger partial charge in [0.15, 0.2) is 5.78 Å². The Morgan fingerprint density at radius 1 is 0.889 bits per heavy atom. The van der Waals surface area contributed by atoms with Gasteiger partial charge in [-0.1, -0.05) is 30.3 Å². The Labute approximate surface area is 171 Å². The lowest BCUT2D eigenvalue weighted by molar-refractivity contribution is -0.910. The first kappa shape index (κ1) is 23.3. The van der Waals surface area contributed by atoms with Crippen LogP contribution in [0.1, 0.15) is 22.3 Å². The largest absolute Gasteiger partial charge is 1.00 e. The molecule has 27 heavy (non-hydrogen) atoms. The third kappa shape index (κ3) is 7.42. The van der Waals surface area contributed by atoms with Crippen molar-refractivity contribution in [3.05, 3.63) is 65.7 Å². The van der Waals surface area contributed by atoms with Crippen molar-refractivity contribution < 1.29 is 41.2 Å². The van der Waals surface area contributed by atoms with Gasteiger partial charge in [-0.3, -0.25) is 4.79 Å². The third-order valence-electron chi connectivity index (χ3n) is 4.54. The molecule has 0 aliphatic carbocycles. The Morgan fingerprint density at radius 2 is 1.44 bits per heavy atom. The number of aliphatic hydroxyl groups is 2. The van der Waals surface area contributed by atoms with E-state index in [-0.39, 0.29) is 36.0 Å². The van der Waals surface area contributed by atoms with Gasteiger partial charge in [0.2, 0.25) is 0 Å². The van der Waals surface area contributed by atoms with Crippen LogP contribution >= 0.6 is 0 Å². The van der Waals surface area contributed by atoms with E-state index in [0.29, 0.717) is 35.3 Å². The topological polar surface area (TPSA) is 66.8 Å². The molecule has 2 rings (SSSR count). The SMILES string of the molecule is C[N+](CCO)(CCO)CCCOc1ccc(C(=O)c2ccccc2)cc1.[Br-]. The number of benzene rings is 2. The number of hydrogen-bond donors (Lipinski definition) is 2. The maximum absolute atomic E-state index is 12.4. The van der Waals surface area contributed by atoms with Crippen molar-refractivity contribution in [1.82, 2.24) is 0 Å². The van der Waals surface area contributed by atoms with E-state index in [1.54, 1.807) is 24.3 Å². The molecule has 0 fully saturated rings. The predicted octanol–water partition coefficient (Wildman–Crippen LogP) is -0.878. The Hall–Kier alpha value is -1.73. The van der Waals surface area contributed by atoms with E-state index < -0.39 is 0 Å². The van der Waals surface area contributed by atoms with Gasteiger partial charge >= 0.3 is 0 Å². The van der Waals surface area contributed by atoms with Crippen LogP contribution in [0.2, 0.25) is 0 Å². The van der Waals surface area contributed by atoms with Crippen LogP contribution in [0.15, 0.2) is 54.6 Å². The molecule has 2 aromatic carbocycles. The van der Waals surface area contributed by atoms with Crippen molar-refractivity contribution in [2.75, 3.05) is 46.5 Å². The first-order valence-corrected chi connectivity index (χ1v) is 8.96. The fourth-order valence-electron chi connectivity index (χ4n) is 2.91. The fraction of sp³-hybridized carbons (Fsp3) is 0.381. The van der Waals surface area contributed by atoms with E-state index in [2.05, 4.69) is 0 Å². The van der Waals surface area contributed by atoms with Crippen LogP contribution in [0, 0.1) is 0 Å². The monoisotopic (exact) mass is 437 g/mol. The second-order valence-electron chi connectivity index (χ2n) is 6.66. The molecule has 0 bridgehead atoms. The number of halogens is 1. The van der Waals surface area contributed by atoms with Crippen molar-refractivity contribution in [2.45, 2.75) is 6.42 Å². The normalized spacial score (nSPS) is 10.9. The summed E-state index contributed by atoms with van der Waals surface area (Å²) in [6.45, 7) is 2.83. The second kappa shape index (κ2) is 11.9. The van der Waals surface area contributed by atoms with Gasteiger partial charge in [0.25, 0.3) is 0 Å². The molecule has 0 atom stereocenters. The second-order valence-corrected chi connectivity index (χ2v) is 6.66. The van der Waals surface area contributed by atoms with Gasteiger partial charge in [0, 0.05) is 17.5 Å². The molecule has 0 heterocycles. The molecule has 0 amide bonds. The summed E-state index contributed by atoms with van der Waals surface area (Å²) in [7, 11) is 2.02. The van der Waals surface area contributed by atoms with Gasteiger partial charge in [-0.15, -0.1) is 0 Å². The number of quaternary nitrogens is 1. The van der Waals surface area contributed by atoms with E-state index in [1.807, 2.05) is 37.4 Å². The number of rotatable bonds is 11. The van der Waals surface area contributed by atoms with Crippen LogP contribution in [-0.2, 0) is 0 Å². The van der Waals surface area contributed by atoms with Crippen molar-refractivity contribution in [1.29, 1.82) is 0 Å². The standard InChI is InChI=1S/C21H28NO4.BrH/c1-22(13-15-23,14-16-24)12-5-17-26-20-10-8-19(9-11-20)21(25)18-6-3-2-4-7-18;/h2-4,6-11,23-24H,5,12-17H2,1H3;1H/q+1;/p-1. The molecule has 148 valence electrons. The predicted molar refractivity (Wildman–Crippen MR) is 101 cm³/mol. The highest BCUT2D eigenvalue weighted by Gasteiger charge is 2.19. The summed E-state index contributed by atoms with van der Waals surface area (Å²) < 4.78 is 6.38. The quantitative estimate of drug-likeness (QED) is 0.272. The Kier molecular flexibility index (Phi) is 10.3. The van der Waals surface area contributed by atoms with Crippen LogP contribution in [0.5, 0.6) is 5.75 Å². The van der Waals surface area contributed by atoms with Crippen molar-refractivity contribution in [2.24, 2.45) is 0 Å². The van der Waals surface area contributed by atoms with Gasteiger partial charge in [0.1, 0.15) is 18.8 Å². The Bertz CT molecular complexity index is 670. The number of likely N-dealkylation sites (N-methyl/N-ethyl adjacent to an activating group) is 1. The average molecular weight is 438 g/mol. The number of carbonyl (C=O) groups excluding carboxylic acids is 1. The first-order valence-electron chi connectivity index (χ1n) is 8.96. The molecule has 0 saturated heterocycles. The van der Waals surface area contributed by atoms with E-state index >= 15 is 0 Å². The van der Waals surface area contributed by atoms with Gasteiger partial charge in [-0.2, -0.15) is 0 Å². The number of aliphatic hydroxyl groups excluding tert-OH is 2. The molecule has 5 nitrogen and oxygen atoms in total. The molecule has 0 saturated carbocycles. The molecule has 2 N–H and O–H groups in total. The molecule has 0 unspecified atom stereocenters. The Balaban J connectivity index is 0.00000364. The van der Waals surface area contributed by atoms with Crippen molar-refractivity contribution >= 4 is 5.78 Å². The van der Waals surface area contributed by atoms with Crippen LogP contribution in [-0.4, -0.2) is 67.0 Å². The summed E-state index contributed by atoms with van der Waals surface area (Å²) in [6, 6.07) is 16.4. The molecule has 6 heteroatoms. The number of ether oxygens (including phenoxy) is 1.